The Morgan fingerprint density at radius 3 is 2.76 bits per heavy atom. The molecule has 0 fully saturated rings. The lowest BCUT2D eigenvalue weighted by Crippen LogP contribution is -2.06. The molecule has 2 aromatic rings. The Morgan fingerprint density at radius 2 is 2.06 bits per heavy atom. The third kappa shape index (κ3) is 3.25. The van der Waals surface area contributed by atoms with Gasteiger partial charge in [0.15, 0.2) is 0 Å². The molecule has 6 heteroatoms. The van der Waals surface area contributed by atoms with Crippen molar-refractivity contribution in [3.8, 4) is 0 Å². The molecule has 1 aromatic heterocycles. The number of nitrogen functional groups attached to an aromatic ring is 1. The molecule has 0 unspecified atom stereocenters. The lowest BCUT2D eigenvalue weighted by Gasteiger charge is -2.09. The van der Waals surface area contributed by atoms with Gasteiger partial charge in [0.05, 0.1) is 26.4 Å². The molecule has 90 valence electrons. The number of halogens is 2. The van der Waals surface area contributed by atoms with Crippen molar-refractivity contribution in [2.45, 2.75) is 6.42 Å². The highest BCUT2D eigenvalue weighted by Crippen LogP contribution is 2.30. The van der Waals surface area contributed by atoms with Crippen LogP contribution in [0.5, 0.6) is 0 Å². The first-order chi connectivity index (χ1) is 8.16. The second-order valence-electron chi connectivity index (χ2n) is 3.46. The Kier molecular flexibility index (Phi) is 4.10. The highest BCUT2D eigenvalue weighted by molar-refractivity contribution is 7.09. The van der Waals surface area contributed by atoms with Gasteiger partial charge in [-0.15, -0.1) is 11.3 Å². The van der Waals surface area contributed by atoms with E-state index in [1.165, 1.54) is 0 Å². The van der Waals surface area contributed by atoms with Crippen LogP contribution in [0.2, 0.25) is 10.0 Å². The fourth-order valence-corrected chi connectivity index (χ4v) is 2.35. The van der Waals surface area contributed by atoms with Crippen molar-refractivity contribution in [1.82, 2.24) is 4.98 Å². The zero-order valence-electron chi connectivity index (χ0n) is 8.91. The zero-order valence-corrected chi connectivity index (χ0v) is 11.2. The first-order valence-corrected chi connectivity index (χ1v) is 6.67. The third-order valence-electron chi connectivity index (χ3n) is 2.23. The molecule has 0 amide bonds. The largest absolute Gasteiger partial charge is 0.397 e. The fourth-order valence-electron chi connectivity index (χ4n) is 1.40. The summed E-state index contributed by atoms with van der Waals surface area (Å²) < 4.78 is 0. The molecule has 1 aromatic carbocycles. The molecule has 0 spiro atoms. The SMILES string of the molecule is Nc1cc(Cl)c(Cl)cc1NCCc1nccs1. The molecule has 0 aliphatic heterocycles. The Hall–Kier alpha value is -0.970. The molecule has 0 atom stereocenters. The predicted molar refractivity (Wildman–Crippen MR) is 75.2 cm³/mol. The van der Waals surface area contributed by atoms with Crippen molar-refractivity contribution in [2.75, 3.05) is 17.6 Å². The minimum atomic E-state index is 0.467. The molecule has 0 saturated heterocycles. The lowest BCUT2D eigenvalue weighted by atomic mass is 10.2. The van der Waals surface area contributed by atoms with Crippen LogP contribution in [0.1, 0.15) is 5.01 Å². The summed E-state index contributed by atoms with van der Waals surface area (Å²) >= 11 is 13.4. The molecule has 2 rings (SSSR count). The predicted octanol–water partition coefficient (Wildman–Crippen LogP) is 3.69. The van der Waals surface area contributed by atoms with Gasteiger partial charge in [-0.05, 0) is 12.1 Å². The van der Waals surface area contributed by atoms with Crippen LogP contribution >= 0.6 is 34.5 Å². The number of rotatable bonds is 4. The summed E-state index contributed by atoms with van der Waals surface area (Å²) in [5.41, 5.74) is 7.23. The van der Waals surface area contributed by atoms with Gasteiger partial charge >= 0.3 is 0 Å². The minimum absolute atomic E-state index is 0.467. The van der Waals surface area contributed by atoms with Crippen LogP contribution in [0, 0.1) is 0 Å². The summed E-state index contributed by atoms with van der Waals surface area (Å²) in [6, 6.07) is 3.39. The maximum atomic E-state index is 5.93. The van der Waals surface area contributed by atoms with E-state index in [1.54, 1.807) is 29.7 Å². The Morgan fingerprint density at radius 1 is 1.29 bits per heavy atom. The van der Waals surface area contributed by atoms with E-state index in [1.807, 2.05) is 5.38 Å². The van der Waals surface area contributed by atoms with E-state index in [9.17, 15) is 0 Å². The molecule has 0 saturated carbocycles. The van der Waals surface area contributed by atoms with Crippen LogP contribution < -0.4 is 11.1 Å². The van der Waals surface area contributed by atoms with E-state index in [4.69, 9.17) is 28.9 Å². The number of thiazole rings is 1. The number of benzene rings is 1. The molecule has 3 N–H and O–H groups in total. The number of nitrogens with zero attached hydrogens (tertiary/aromatic N) is 1. The summed E-state index contributed by atoms with van der Waals surface area (Å²) in [4.78, 5) is 4.20. The van der Waals surface area contributed by atoms with Crippen molar-refractivity contribution in [2.24, 2.45) is 0 Å². The monoisotopic (exact) mass is 287 g/mol. The molecular weight excluding hydrogens is 277 g/mol. The van der Waals surface area contributed by atoms with Gasteiger partial charge < -0.3 is 11.1 Å². The smallest absolute Gasteiger partial charge is 0.0942 e. The van der Waals surface area contributed by atoms with E-state index in [0.717, 1.165) is 23.7 Å². The number of nitrogens with two attached hydrogens (primary N) is 1. The number of nitrogens with one attached hydrogen (secondary N) is 1. The van der Waals surface area contributed by atoms with E-state index in [2.05, 4.69) is 10.3 Å². The van der Waals surface area contributed by atoms with Crippen LogP contribution in [0.15, 0.2) is 23.7 Å². The molecule has 0 aliphatic carbocycles. The van der Waals surface area contributed by atoms with Gasteiger partial charge in [-0.1, -0.05) is 23.2 Å². The molecule has 1 heterocycles. The quantitative estimate of drug-likeness (QED) is 0.844. The summed E-state index contributed by atoms with van der Waals surface area (Å²) in [6.45, 7) is 0.760. The molecule has 0 aliphatic rings. The summed E-state index contributed by atoms with van der Waals surface area (Å²) in [5.74, 6) is 0. The van der Waals surface area contributed by atoms with Crippen LogP contribution in [0.3, 0.4) is 0 Å². The summed E-state index contributed by atoms with van der Waals surface area (Å²) in [5, 5.41) is 7.24. The Bertz CT molecular complexity index is 500. The maximum Gasteiger partial charge on any atom is 0.0942 e. The topological polar surface area (TPSA) is 50.9 Å². The average molecular weight is 288 g/mol. The summed E-state index contributed by atoms with van der Waals surface area (Å²) in [6.07, 6.45) is 2.66. The first kappa shape index (κ1) is 12.5. The van der Waals surface area contributed by atoms with Crippen molar-refractivity contribution < 1.29 is 0 Å². The highest BCUT2D eigenvalue weighted by atomic mass is 35.5. The third-order valence-corrected chi connectivity index (χ3v) is 3.79. The second-order valence-corrected chi connectivity index (χ2v) is 5.25. The van der Waals surface area contributed by atoms with Gasteiger partial charge in [-0.2, -0.15) is 0 Å². The maximum absolute atomic E-state index is 5.93. The lowest BCUT2D eigenvalue weighted by molar-refractivity contribution is 0.999. The summed E-state index contributed by atoms with van der Waals surface area (Å²) in [7, 11) is 0. The number of hydrogen-bond donors (Lipinski definition) is 2. The van der Waals surface area contributed by atoms with E-state index in [-0.39, 0.29) is 0 Å². The first-order valence-electron chi connectivity index (χ1n) is 5.03. The normalized spacial score (nSPS) is 10.5. The molecule has 0 bridgehead atoms. The van der Waals surface area contributed by atoms with Crippen LogP contribution in [-0.4, -0.2) is 11.5 Å². The van der Waals surface area contributed by atoms with Crippen molar-refractivity contribution >= 4 is 45.9 Å². The number of aromatic nitrogens is 1. The molecule has 17 heavy (non-hydrogen) atoms. The van der Waals surface area contributed by atoms with Crippen LogP contribution in [0.4, 0.5) is 11.4 Å². The molecule has 3 nitrogen and oxygen atoms in total. The van der Waals surface area contributed by atoms with Crippen molar-refractivity contribution in [1.29, 1.82) is 0 Å². The van der Waals surface area contributed by atoms with Crippen LogP contribution in [-0.2, 0) is 6.42 Å². The van der Waals surface area contributed by atoms with Gasteiger partial charge in [-0.25, -0.2) is 4.98 Å². The average Bonchev–Trinajstić information content (AvgIpc) is 2.78. The van der Waals surface area contributed by atoms with Gasteiger partial charge in [0.1, 0.15) is 0 Å². The van der Waals surface area contributed by atoms with E-state index >= 15 is 0 Å². The molecule has 0 radical (unpaired) electrons. The van der Waals surface area contributed by atoms with Gasteiger partial charge in [0, 0.05) is 24.5 Å². The standard InChI is InChI=1S/C11H11Cl2N3S/c12-7-5-9(14)10(6-8(7)13)15-2-1-11-16-3-4-17-11/h3-6,15H,1-2,14H2. The van der Waals surface area contributed by atoms with Gasteiger partial charge in [0.25, 0.3) is 0 Å². The highest BCUT2D eigenvalue weighted by Gasteiger charge is 2.04. The minimum Gasteiger partial charge on any atom is -0.397 e. The fraction of sp³-hybridized carbons (Fsp3) is 0.182. The van der Waals surface area contributed by atoms with Gasteiger partial charge in [-0.3, -0.25) is 0 Å². The number of anilines is 2. The van der Waals surface area contributed by atoms with Crippen molar-refractivity contribution in [3.63, 3.8) is 0 Å². The van der Waals surface area contributed by atoms with Crippen LogP contribution in [0.25, 0.3) is 0 Å². The van der Waals surface area contributed by atoms with E-state index in [0.29, 0.717) is 15.7 Å². The Balaban J connectivity index is 1.97. The van der Waals surface area contributed by atoms with Crippen molar-refractivity contribution in [3.05, 3.63) is 38.8 Å². The second kappa shape index (κ2) is 5.58. The van der Waals surface area contributed by atoms with E-state index < -0.39 is 0 Å². The zero-order chi connectivity index (χ0) is 12.3. The van der Waals surface area contributed by atoms with Gasteiger partial charge in [0.2, 0.25) is 0 Å². The Labute approximate surface area is 114 Å². The number of hydrogen-bond acceptors (Lipinski definition) is 4. The molecular formula is C11H11Cl2N3S.